The summed E-state index contributed by atoms with van der Waals surface area (Å²) in [7, 11) is 0. The van der Waals surface area contributed by atoms with Gasteiger partial charge in [0.25, 0.3) is 0 Å². The molecule has 2 rings (SSSR count). The summed E-state index contributed by atoms with van der Waals surface area (Å²) in [6.07, 6.45) is 1.11. The standard InChI is InChI=1S/C13H11F2N3O2/c1-6-3-10(15)11(4-9(6)14)18-13-16-5-8(12(19)20)7(2)17-13/h3-5H,1-2H3,(H,19,20)(H,16,17,18). The van der Waals surface area contributed by atoms with Gasteiger partial charge in [-0.15, -0.1) is 0 Å². The molecular weight excluding hydrogens is 268 g/mol. The Labute approximate surface area is 113 Å². The van der Waals surface area contributed by atoms with Gasteiger partial charge in [-0.3, -0.25) is 0 Å². The first-order valence-corrected chi connectivity index (χ1v) is 5.68. The fourth-order valence-corrected chi connectivity index (χ4v) is 1.60. The number of hydrogen-bond donors (Lipinski definition) is 2. The molecule has 0 spiro atoms. The van der Waals surface area contributed by atoms with Gasteiger partial charge >= 0.3 is 5.97 Å². The van der Waals surface area contributed by atoms with E-state index in [2.05, 4.69) is 15.3 Å². The van der Waals surface area contributed by atoms with Gasteiger partial charge in [-0.25, -0.2) is 23.5 Å². The van der Waals surface area contributed by atoms with Crippen molar-refractivity contribution < 1.29 is 18.7 Å². The first kappa shape index (κ1) is 13.9. The molecular formula is C13H11F2N3O2. The highest BCUT2D eigenvalue weighted by molar-refractivity contribution is 5.88. The fraction of sp³-hybridized carbons (Fsp3) is 0.154. The summed E-state index contributed by atoms with van der Waals surface area (Å²) in [6.45, 7) is 2.94. The van der Waals surface area contributed by atoms with Crippen LogP contribution in [-0.4, -0.2) is 21.0 Å². The molecule has 0 atom stereocenters. The number of anilines is 2. The van der Waals surface area contributed by atoms with Crippen LogP contribution in [0, 0.1) is 25.5 Å². The second kappa shape index (κ2) is 5.20. The van der Waals surface area contributed by atoms with Gasteiger partial charge in [0.15, 0.2) is 0 Å². The maximum atomic E-state index is 13.6. The van der Waals surface area contributed by atoms with E-state index in [9.17, 15) is 13.6 Å². The number of hydrogen-bond acceptors (Lipinski definition) is 4. The molecule has 104 valence electrons. The Morgan fingerprint density at radius 1 is 1.25 bits per heavy atom. The average Bonchev–Trinajstić information content (AvgIpc) is 2.35. The van der Waals surface area contributed by atoms with E-state index >= 15 is 0 Å². The number of aromatic nitrogens is 2. The molecule has 0 aliphatic rings. The quantitative estimate of drug-likeness (QED) is 0.903. The number of carboxylic acid groups (broad SMARTS) is 1. The van der Waals surface area contributed by atoms with Crippen LogP contribution in [0.2, 0.25) is 0 Å². The van der Waals surface area contributed by atoms with Gasteiger partial charge in [0.1, 0.15) is 11.6 Å². The SMILES string of the molecule is Cc1cc(F)c(Nc2ncc(C(=O)O)c(C)n2)cc1F. The predicted molar refractivity (Wildman–Crippen MR) is 68.1 cm³/mol. The Bertz CT molecular complexity index is 690. The number of nitrogens with one attached hydrogen (secondary N) is 1. The lowest BCUT2D eigenvalue weighted by Gasteiger charge is -2.08. The number of carboxylic acids is 1. The molecule has 0 aliphatic carbocycles. The fourth-order valence-electron chi connectivity index (χ4n) is 1.60. The highest BCUT2D eigenvalue weighted by Crippen LogP contribution is 2.21. The largest absolute Gasteiger partial charge is 0.478 e. The van der Waals surface area contributed by atoms with Crippen molar-refractivity contribution in [2.75, 3.05) is 5.32 Å². The highest BCUT2D eigenvalue weighted by Gasteiger charge is 2.12. The molecule has 2 N–H and O–H groups in total. The molecule has 0 radical (unpaired) electrons. The van der Waals surface area contributed by atoms with Crippen molar-refractivity contribution >= 4 is 17.6 Å². The van der Waals surface area contributed by atoms with E-state index in [-0.39, 0.29) is 28.5 Å². The van der Waals surface area contributed by atoms with Gasteiger partial charge in [-0.05, 0) is 25.5 Å². The van der Waals surface area contributed by atoms with Crippen molar-refractivity contribution in [3.05, 3.63) is 46.8 Å². The topological polar surface area (TPSA) is 75.1 Å². The van der Waals surface area contributed by atoms with Crippen LogP contribution in [0.15, 0.2) is 18.3 Å². The van der Waals surface area contributed by atoms with E-state index in [1.54, 1.807) is 0 Å². The maximum Gasteiger partial charge on any atom is 0.339 e. The minimum absolute atomic E-state index is 0.00495. The monoisotopic (exact) mass is 279 g/mol. The molecule has 0 saturated carbocycles. The van der Waals surface area contributed by atoms with Crippen LogP contribution in [-0.2, 0) is 0 Å². The smallest absolute Gasteiger partial charge is 0.339 e. The summed E-state index contributed by atoms with van der Waals surface area (Å²) < 4.78 is 27.0. The van der Waals surface area contributed by atoms with Crippen LogP contribution in [0.1, 0.15) is 21.6 Å². The number of carbonyl (C=O) groups is 1. The number of benzene rings is 1. The van der Waals surface area contributed by atoms with Gasteiger partial charge in [0.2, 0.25) is 5.95 Å². The third kappa shape index (κ3) is 2.71. The third-order valence-electron chi connectivity index (χ3n) is 2.70. The maximum absolute atomic E-state index is 13.6. The van der Waals surface area contributed by atoms with Crippen LogP contribution in [0.3, 0.4) is 0 Å². The van der Waals surface area contributed by atoms with Gasteiger partial charge in [0.05, 0.1) is 16.9 Å². The zero-order chi connectivity index (χ0) is 14.9. The van der Waals surface area contributed by atoms with Gasteiger partial charge < -0.3 is 10.4 Å². The number of rotatable bonds is 3. The summed E-state index contributed by atoms with van der Waals surface area (Å²) in [4.78, 5) is 18.5. The minimum Gasteiger partial charge on any atom is -0.478 e. The molecule has 0 saturated heterocycles. The average molecular weight is 279 g/mol. The summed E-state index contributed by atoms with van der Waals surface area (Å²) >= 11 is 0. The molecule has 0 amide bonds. The van der Waals surface area contributed by atoms with Crippen LogP contribution in [0.25, 0.3) is 0 Å². The highest BCUT2D eigenvalue weighted by atomic mass is 19.1. The summed E-state index contributed by atoms with van der Waals surface area (Å²) in [5.74, 6) is -2.36. The lowest BCUT2D eigenvalue weighted by Crippen LogP contribution is -2.07. The molecule has 20 heavy (non-hydrogen) atoms. The van der Waals surface area contributed by atoms with Crippen molar-refractivity contribution in [3.63, 3.8) is 0 Å². The van der Waals surface area contributed by atoms with Crippen molar-refractivity contribution in [2.45, 2.75) is 13.8 Å². The Morgan fingerprint density at radius 3 is 2.55 bits per heavy atom. The van der Waals surface area contributed by atoms with E-state index in [1.165, 1.54) is 13.8 Å². The van der Waals surface area contributed by atoms with Crippen molar-refractivity contribution in [1.29, 1.82) is 0 Å². The van der Waals surface area contributed by atoms with Crippen molar-refractivity contribution in [2.24, 2.45) is 0 Å². The van der Waals surface area contributed by atoms with Crippen LogP contribution in [0.5, 0.6) is 0 Å². The molecule has 1 aromatic heterocycles. The second-order valence-electron chi connectivity index (χ2n) is 4.20. The molecule has 0 fully saturated rings. The molecule has 1 heterocycles. The van der Waals surface area contributed by atoms with Crippen LogP contribution in [0.4, 0.5) is 20.4 Å². The lowest BCUT2D eigenvalue weighted by atomic mass is 10.2. The predicted octanol–water partition coefficient (Wildman–Crippen LogP) is 2.81. The molecule has 7 heteroatoms. The summed E-state index contributed by atoms with van der Waals surface area (Å²) in [6, 6.07) is 2.05. The molecule has 0 bridgehead atoms. The van der Waals surface area contributed by atoms with Crippen molar-refractivity contribution in [1.82, 2.24) is 9.97 Å². The first-order valence-electron chi connectivity index (χ1n) is 5.68. The first-order chi connectivity index (χ1) is 9.38. The van der Waals surface area contributed by atoms with E-state index in [0.717, 1.165) is 18.3 Å². The number of aryl methyl sites for hydroxylation is 2. The van der Waals surface area contributed by atoms with E-state index < -0.39 is 17.6 Å². The molecule has 5 nitrogen and oxygen atoms in total. The Kier molecular flexibility index (Phi) is 3.60. The van der Waals surface area contributed by atoms with Crippen LogP contribution < -0.4 is 5.32 Å². The summed E-state index contributed by atoms with van der Waals surface area (Å²) in [5.41, 5.74) is 0.246. The zero-order valence-electron chi connectivity index (χ0n) is 10.7. The zero-order valence-corrected chi connectivity index (χ0v) is 10.7. The van der Waals surface area contributed by atoms with Crippen molar-refractivity contribution in [3.8, 4) is 0 Å². The molecule has 1 aromatic carbocycles. The third-order valence-corrected chi connectivity index (χ3v) is 2.70. The molecule has 0 unspecified atom stereocenters. The Hall–Kier alpha value is -2.57. The van der Waals surface area contributed by atoms with Gasteiger partial charge in [0, 0.05) is 12.3 Å². The van der Waals surface area contributed by atoms with E-state index in [1.807, 2.05) is 0 Å². The lowest BCUT2D eigenvalue weighted by molar-refractivity contribution is 0.0695. The van der Waals surface area contributed by atoms with E-state index in [4.69, 9.17) is 5.11 Å². The molecule has 0 aliphatic heterocycles. The molecule has 2 aromatic rings. The van der Waals surface area contributed by atoms with Gasteiger partial charge in [-0.2, -0.15) is 0 Å². The normalized spacial score (nSPS) is 10.4. The second-order valence-corrected chi connectivity index (χ2v) is 4.20. The van der Waals surface area contributed by atoms with E-state index in [0.29, 0.717) is 0 Å². The number of nitrogens with zero attached hydrogens (tertiary/aromatic N) is 2. The van der Waals surface area contributed by atoms with Crippen LogP contribution >= 0.6 is 0 Å². The summed E-state index contributed by atoms with van der Waals surface area (Å²) in [5, 5.41) is 11.4. The van der Waals surface area contributed by atoms with Gasteiger partial charge in [-0.1, -0.05) is 0 Å². The minimum atomic E-state index is -1.15. The number of halogens is 2. The number of aromatic carboxylic acids is 1. The Morgan fingerprint density at radius 2 is 1.95 bits per heavy atom. The Balaban J connectivity index is 2.33.